The summed E-state index contributed by atoms with van der Waals surface area (Å²) in [5.41, 5.74) is 2.24. The molecule has 2 aromatic carbocycles. The van der Waals surface area contributed by atoms with Crippen LogP contribution in [0.25, 0.3) is 20.1 Å². The fourth-order valence-corrected chi connectivity index (χ4v) is 5.86. The Morgan fingerprint density at radius 3 is 2.48 bits per heavy atom. The van der Waals surface area contributed by atoms with Crippen LogP contribution in [0.4, 0.5) is 0 Å². The quantitative estimate of drug-likeness (QED) is 0.459. The standard InChI is InChI=1S/C23H20N2O2S2/c26-17-7-5-15(6-8-17)16-11-13-25(14-12-16)23(27)21-10-9-20(28-21)22-24-18-3-1-2-4-19(18)29-22/h1-10,16,26H,11-14H2. The van der Waals surface area contributed by atoms with Crippen LogP contribution in [0.1, 0.15) is 34.0 Å². The van der Waals surface area contributed by atoms with Gasteiger partial charge in [-0.3, -0.25) is 4.79 Å². The second-order valence-electron chi connectivity index (χ2n) is 7.31. The minimum atomic E-state index is 0.117. The molecule has 0 spiro atoms. The summed E-state index contributed by atoms with van der Waals surface area (Å²) in [6.45, 7) is 1.53. The predicted molar refractivity (Wildman–Crippen MR) is 119 cm³/mol. The maximum Gasteiger partial charge on any atom is 0.263 e. The number of piperidine rings is 1. The first-order valence-corrected chi connectivity index (χ1v) is 11.3. The van der Waals surface area contributed by atoms with Gasteiger partial charge >= 0.3 is 0 Å². The molecule has 0 radical (unpaired) electrons. The topological polar surface area (TPSA) is 53.4 Å². The number of amides is 1. The van der Waals surface area contributed by atoms with E-state index in [0.29, 0.717) is 11.7 Å². The third-order valence-electron chi connectivity index (χ3n) is 5.47. The molecule has 146 valence electrons. The average Bonchev–Trinajstić information content (AvgIpc) is 3.41. The van der Waals surface area contributed by atoms with E-state index in [-0.39, 0.29) is 5.91 Å². The Bertz CT molecular complexity index is 1120. The monoisotopic (exact) mass is 420 g/mol. The van der Waals surface area contributed by atoms with Gasteiger partial charge in [-0.05, 0) is 60.7 Å². The summed E-state index contributed by atoms with van der Waals surface area (Å²) in [6.07, 6.45) is 1.90. The number of rotatable bonds is 3. The van der Waals surface area contributed by atoms with Gasteiger partial charge in [0.15, 0.2) is 0 Å². The molecular formula is C23H20N2O2S2. The number of benzene rings is 2. The third kappa shape index (κ3) is 3.66. The fraction of sp³-hybridized carbons (Fsp3) is 0.217. The number of phenols is 1. The number of fused-ring (bicyclic) bond motifs is 1. The van der Waals surface area contributed by atoms with Gasteiger partial charge in [0.25, 0.3) is 5.91 Å². The molecule has 0 aliphatic carbocycles. The number of aromatic nitrogens is 1. The van der Waals surface area contributed by atoms with E-state index in [4.69, 9.17) is 4.98 Å². The Kier molecular flexibility index (Phi) is 4.81. The van der Waals surface area contributed by atoms with E-state index < -0.39 is 0 Å². The van der Waals surface area contributed by atoms with Crippen LogP contribution in [0.3, 0.4) is 0 Å². The number of phenolic OH excluding ortho intramolecular Hbond substituents is 1. The van der Waals surface area contributed by atoms with Crippen LogP contribution in [0.5, 0.6) is 5.75 Å². The van der Waals surface area contributed by atoms with E-state index in [0.717, 1.165) is 46.2 Å². The van der Waals surface area contributed by atoms with Crippen molar-refractivity contribution in [2.75, 3.05) is 13.1 Å². The van der Waals surface area contributed by atoms with Gasteiger partial charge in [0.1, 0.15) is 10.8 Å². The molecule has 1 fully saturated rings. The molecule has 6 heteroatoms. The van der Waals surface area contributed by atoms with E-state index in [1.54, 1.807) is 23.5 Å². The fourth-order valence-electron chi connectivity index (χ4n) is 3.86. The van der Waals surface area contributed by atoms with Gasteiger partial charge in [-0.2, -0.15) is 0 Å². The molecule has 0 unspecified atom stereocenters. The lowest BCUT2D eigenvalue weighted by Crippen LogP contribution is -2.37. The van der Waals surface area contributed by atoms with Crippen molar-refractivity contribution in [1.29, 1.82) is 0 Å². The first-order chi connectivity index (χ1) is 14.2. The summed E-state index contributed by atoms with van der Waals surface area (Å²) in [5.74, 6) is 0.857. The molecule has 1 aliphatic rings. The van der Waals surface area contributed by atoms with E-state index in [1.807, 2.05) is 47.4 Å². The van der Waals surface area contributed by atoms with Crippen LogP contribution in [0, 0.1) is 0 Å². The molecule has 4 aromatic rings. The molecule has 1 aliphatic heterocycles. The van der Waals surface area contributed by atoms with Crippen molar-refractivity contribution in [3.8, 4) is 15.6 Å². The van der Waals surface area contributed by atoms with Crippen molar-refractivity contribution in [3.63, 3.8) is 0 Å². The molecule has 1 N–H and O–H groups in total. The Morgan fingerprint density at radius 2 is 1.72 bits per heavy atom. The van der Waals surface area contributed by atoms with E-state index in [9.17, 15) is 9.90 Å². The van der Waals surface area contributed by atoms with Gasteiger partial charge < -0.3 is 10.0 Å². The number of carbonyl (C=O) groups excluding carboxylic acids is 1. The molecule has 0 saturated carbocycles. The lowest BCUT2D eigenvalue weighted by atomic mass is 9.89. The second kappa shape index (κ2) is 7.61. The predicted octanol–water partition coefficient (Wildman–Crippen LogP) is 5.75. The number of thiophene rings is 1. The van der Waals surface area contributed by atoms with Gasteiger partial charge in [-0.15, -0.1) is 22.7 Å². The zero-order chi connectivity index (χ0) is 19.8. The van der Waals surface area contributed by atoms with Gasteiger partial charge in [-0.1, -0.05) is 24.3 Å². The molecule has 5 rings (SSSR count). The second-order valence-corrected chi connectivity index (χ2v) is 9.42. The van der Waals surface area contributed by atoms with Crippen molar-refractivity contribution in [3.05, 3.63) is 71.1 Å². The van der Waals surface area contributed by atoms with Crippen LogP contribution in [0.15, 0.2) is 60.7 Å². The Balaban J connectivity index is 1.27. The number of likely N-dealkylation sites (tertiary alicyclic amines) is 1. The number of carbonyl (C=O) groups is 1. The first-order valence-electron chi connectivity index (χ1n) is 9.71. The van der Waals surface area contributed by atoms with E-state index in [2.05, 4.69) is 6.07 Å². The van der Waals surface area contributed by atoms with E-state index in [1.165, 1.54) is 21.6 Å². The summed E-state index contributed by atoms with van der Waals surface area (Å²) in [6, 6.07) is 19.5. The summed E-state index contributed by atoms with van der Waals surface area (Å²) in [7, 11) is 0. The van der Waals surface area contributed by atoms with Crippen LogP contribution in [-0.2, 0) is 0 Å². The molecule has 3 heterocycles. The number of hydrogen-bond donors (Lipinski definition) is 1. The summed E-state index contributed by atoms with van der Waals surface area (Å²) >= 11 is 3.20. The zero-order valence-electron chi connectivity index (χ0n) is 15.7. The number of nitrogens with zero attached hydrogens (tertiary/aromatic N) is 2. The van der Waals surface area contributed by atoms with Crippen molar-refractivity contribution in [2.24, 2.45) is 0 Å². The van der Waals surface area contributed by atoms with Crippen molar-refractivity contribution in [2.45, 2.75) is 18.8 Å². The van der Waals surface area contributed by atoms with E-state index >= 15 is 0 Å². The summed E-state index contributed by atoms with van der Waals surface area (Å²) in [4.78, 5) is 21.5. The highest BCUT2D eigenvalue weighted by Gasteiger charge is 2.25. The highest BCUT2D eigenvalue weighted by atomic mass is 32.1. The molecule has 29 heavy (non-hydrogen) atoms. The van der Waals surface area contributed by atoms with Gasteiger partial charge in [0.05, 0.1) is 20.0 Å². The molecule has 4 nitrogen and oxygen atoms in total. The molecule has 0 atom stereocenters. The van der Waals surface area contributed by atoms with Gasteiger partial charge in [0.2, 0.25) is 0 Å². The summed E-state index contributed by atoms with van der Waals surface area (Å²) in [5, 5.41) is 10.4. The highest BCUT2D eigenvalue weighted by Crippen LogP contribution is 2.35. The highest BCUT2D eigenvalue weighted by molar-refractivity contribution is 7.26. The van der Waals surface area contributed by atoms with Gasteiger partial charge in [0, 0.05) is 13.1 Å². The zero-order valence-corrected chi connectivity index (χ0v) is 17.4. The van der Waals surface area contributed by atoms with Crippen LogP contribution >= 0.6 is 22.7 Å². The molecular weight excluding hydrogens is 400 g/mol. The van der Waals surface area contributed by atoms with Crippen molar-refractivity contribution >= 4 is 38.8 Å². The Labute approximate surface area is 177 Å². The number of hydrogen-bond acceptors (Lipinski definition) is 5. The molecule has 1 saturated heterocycles. The maximum atomic E-state index is 13.0. The van der Waals surface area contributed by atoms with Gasteiger partial charge in [-0.25, -0.2) is 4.98 Å². The average molecular weight is 421 g/mol. The minimum Gasteiger partial charge on any atom is -0.508 e. The largest absolute Gasteiger partial charge is 0.508 e. The molecule has 1 amide bonds. The Hall–Kier alpha value is -2.70. The summed E-state index contributed by atoms with van der Waals surface area (Å²) < 4.78 is 1.17. The molecule has 0 bridgehead atoms. The lowest BCUT2D eigenvalue weighted by Gasteiger charge is -2.32. The number of thiazole rings is 1. The van der Waals surface area contributed by atoms with Crippen molar-refractivity contribution in [1.82, 2.24) is 9.88 Å². The molecule has 2 aromatic heterocycles. The lowest BCUT2D eigenvalue weighted by molar-refractivity contribution is 0.0718. The maximum absolute atomic E-state index is 13.0. The normalized spacial score (nSPS) is 15.1. The Morgan fingerprint density at radius 1 is 0.966 bits per heavy atom. The van der Waals surface area contributed by atoms with Crippen LogP contribution < -0.4 is 0 Å². The first kappa shape index (κ1) is 18.3. The smallest absolute Gasteiger partial charge is 0.263 e. The van der Waals surface area contributed by atoms with Crippen LogP contribution in [0.2, 0.25) is 0 Å². The third-order valence-corrected chi connectivity index (χ3v) is 7.75. The minimum absolute atomic E-state index is 0.117. The van der Waals surface area contributed by atoms with Crippen molar-refractivity contribution < 1.29 is 9.90 Å². The number of para-hydroxylation sites is 1. The number of aromatic hydroxyl groups is 1. The SMILES string of the molecule is O=C(c1ccc(-c2nc3ccccc3s2)s1)N1CCC(c2ccc(O)cc2)CC1. The van der Waals surface area contributed by atoms with Crippen LogP contribution in [-0.4, -0.2) is 34.0 Å².